The maximum absolute atomic E-state index is 11.1. The van der Waals surface area contributed by atoms with Crippen molar-refractivity contribution in [1.82, 2.24) is 5.32 Å². The third kappa shape index (κ3) is 5.11. The molecule has 0 bridgehead atoms. The second-order valence-electron chi connectivity index (χ2n) is 5.17. The number of nitrogens with one attached hydrogen (secondary N) is 1. The zero-order valence-corrected chi connectivity index (χ0v) is 11.8. The molecule has 3 heteroatoms. The minimum Gasteiger partial charge on any atom is -0.447 e. The second kappa shape index (κ2) is 8.17. The topological polar surface area (TPSA) is 38.3 Å². The minimum atomic E-state index is -0.291. The summed E-state index contributed by atoms with van der Waals surface area (Å²) in [4.78, 5) is 11.1. The van der Waals surface area contributed by atoms with Crippen LogP contribution in [-0.4, -0.2) is 18.2 Å². The zero-order valence-electron chi connectivity index (χ0n) is 11.8. The molecular formula is C15H27NO2. The van der Waals surface area contributed by atoms with Crippen LogP contribution in [0.3, 0.4) is 0 Å². The van der Waals surface area contributed by atoms with E-state index in [1.165, 1.54) is 38.5 Å². The summed E-state index contributed by atoms with van der Waals surface area (Å²) in [6, 6.07) is 0. The van der Waals surface area contributed by atoms with Crippen LogP contribution < -0.4 is 5.32 Å². The Morgan fingerprint density at radius 2 is 1.94 bits per heavy atom. The molecule has 1 atom stereocenters. The number of ether oxygens (including phenoxy) is 1. The van der Waals surface area contributed by atoms with Crippen LogP contribution in [-0.2, 0) is 4.74 Å². The zero-order chi connectivity index (χ0) is 13.3. The quantitative estimate of drug-likeness (QED) is 0.494. The van der Waals surface area contributed by atoms with Gasteiger partial charge in [-0.15, -0.1) is 0 Å². The van der Waals surface area contributed by atoms with E-state index >= 15 is 0 Å². The second-order valence-corrected chi connectivity index (χ2v) is 5.17. The molecule has 0 saturated carbocycles. The molecule has 18 heavy (non-hydrogen) atoms. The van der Waals surface area contributed by atoms with Gasteiger partial charge in [-0.3, -0.25) is 0 Å². The Labute approximate surface area is 111 Å². The standard InChI is InChI=1S/C15H27NO2/c1-3-5-6-7-8-9-10-11-12-15(4-2)13-18-14(17)16-15/h11-12H,3-10,13H2,1-2H3,(H,16,17)/b12-11+/t15-/m1/s1. The smallest absolute Gasteiger partial charge is 0.408 e. The van der Waals surface area contributed by atoms with Crippen molar-refractivity contribution < 1.29 is 9.53 Å². The van der Waals surface area contributed by atoms with Crippen molar-refractivity contribution in [3.05, 3.63) is 12.2 Å². The summed E-state index contributed by atoms with van der Waals surface area (Å²) in [6.45, 7) is 4.78. The van der Waals surface area contributed by atoms with Crippen LogP contribution in [0.25, 0.3) is 0 Å². The lowest BCUT2D eigenvalue weighted by molar-refractivity contribution is 0.174. The first kappa shape index (κ1) is 15.1. The van der Waals surface area contributed by atoms with Crippen LogP contribution >= 0.6 is 0 Å². The number of allylic oxidation sites excluding steroid dienone is 1. The Hall–Kier alpha value is -0.990. The Kier molecular flexibility index (Phi) is 6.84. The molecule has 3 nitrogen and oxygen atoms in total. The maximum atomic E-state index is 11.1. The van der Waals surface area contributed by atoms with Crippen LogP contribution in [0.1, 0.15) is 65.2 Å². The lowest BCUT2D eigenvalue weighted by Gasteiger charge is -2.19. The molecule has 1 rings (SSSR count). The fraction of sp³-hybridized carbons (Fsp3) is 0.800. The van der Waals surface area contributed by atoms with E-state index in [9.17, 15) is 4.79 Å². The highest BCUT2D eigenvalue weighted by Crippen LogP contribution is 2.19. The maximum Gasteiger partial charge on any atom is 0.408 e. The summed E-state index contributed by atoms with van der Waals surface area (Å²) >= 11 is 0. The predicted octanol–water partition coefficient (Wildman–Crippen LogP) is 4.18. The van der Waals surface area contributed by atoms with Crippen molar-refractivity contribution in [2.24, 2.45) is 0 Å². The number of cyclic esters (lactones) is 1. The molecule has 0 aromatic carbocycles. The Morgan fingerprint density at radius 3 is 2.56 bits per heavy atom. The first-order valence-electron chi connectivity index (χ1n) is 7.35. The molecule has 1 fully saturated rings. The number of rotatable bonds is 9. The molecule has 0 spiro atoms. The highest BCUT2D eigenvalue weighted by molar-refractivity contribution is 5.71. The van der Waals surface area contributed by atoms with Gasteiger partial charge < -0.3 is 10.1 Å². The lowest BCUT2D eigenvalue weighted by atomic mass is 9.97. The summed E-state index contributed by atoms with van der Waals surface area (Å²) in [6.07, 6.45) is 13.9. The molecule has 0 aromatic rings. The molecule has 1 amide bonds. The van der Waals surface area contributed by atoms with E-state index in [-0.39, 0.29) is 11.6 Å². The van der Waals surface area contributed by atoms with Gasteiger partial charge in [-0.25, -0.2) is 4.79 Å². The van der Waals surface area contributed by atoms with E-state index in [2.05, 4.69) is 31.3 Å². The molecule has 1 heterocycles. The molecule has 1 N–H and O–H groups in total. The van der Waals surface area contributed by atoms with Crippen molar-refractivity contribution in [3.63, 3.8) is 0 Å². The Balaban J connectivity index is 2.13. The third-order valence-electron chi connectivity index (χ3n) is 3.60. The number of amides is 1. The van der Waals surface area contributed by atoms with E-state index in [1.807, 2.05) is 0 Å². The number of unbranched alkanes of at least 4 members (excludes halogenated alkanes) is 6. The first-order valence-corrected chi connectivity index (χ1v) is 7.35. The van der Waals surface area contributed by atoms with E-state index in [4.69, 9.17) is 4.74 Å². The van der Waals surface area contributed by atoms with Gasteiger partial charge in [0.25, 0.3) is 0 Å². The van der Waals surface area contributed by atoms with Gasteiger partial charge in [0.2, 0.25) is 0 Å². The summed E-state index contributed by atoms with van der Waals surface area (Å²) in [7, 11) is 0. The molecule has 0 aliphatic carbocycles. The molecule has 1 aliphatic heterocycles. The SMILES string of the molecule is CCCCCCCC/C=C/[C@]1(CC)COC(=O)N1. The largest absolute Gasteiger partial charge is 0.447 e. The lowest BCUT2D eigenvalue weighted by Crippen LogP contribution is -2.40. The Bertz CT molecular complexity index is 276. The molecule has 1 saturated heterocycles. The van der Waals surface area contributed by atoms with Crippen molar-refractivity contribution in [3.8, 4) is 0 Å². The van der Waals surface area contributed by atoms with Crippen LogP contribution in [0.4, 0.5) is 4.79 Å². The van der Waals surface area contributed by atoms with Crippen molar-refractivity contribution in [2.75, 3.05) is 6.61 Å². The average Bonchev–Trinajstić information content (AvgIpc) is 2.75. The molecule has 0 aromatic heterocycles. The van der Waals surface area contributed by atoms with E-state index in [0.717, 1.165) is 12.8 Å². The summed E-state index contributed by atoms with van der Waals surface area (Å²) in [5, 5.41) is 2.89. The van der Waals surface area contributed by atoms with E-state index in [1.54, 1.807) is 0 Å². The van der Waals surface area contributed by atoms with Crippen molar-refractivity contribution in [1.29, 1.82) is 0 Å². The Morgan fingerprint density at radius 1 is 1.22 bits per heavy atom. The highest BCUT2D eigenvalue weighted by atomic mass is 16.6. The minimum absolute atomic E-state index is 0.251. The molecule has 104 valence electrons. The highest BCUT2D eigenvalue weighted by Gasteiger charge is 2.35. The normalized spacial score (nSPS) is 23.3. The van der Waals surface area contributed by atoms with Gasteiger partial charge in [-0.2, -0.15) is 0 Å². The van der Waals surface area contributed by atoms with Gasteiger partial charge in [0.05, 0.1) is 5.54 Å². The third-order valence-corrected chi connectivity index (χ3v) is 3.60. The number of hydrogen-bond donors (Lipinski definition) is 1. The average molecular weight is 253 g/mol. The van der Waals surface area contributed by atoms with Gasteiger partial charge >= 0.3 is 6.09 Å². The van der Waals surface area contributed by atoms with E-state index in [0.29, 0.717) is 6.61 Å². The van der Waals surface area contributed by atoms with Gasteiger partial charge in [-0.05, 0) is 19.3 Å². The molecule has 1 aliphatic rings. The number of hydrogen-bond acceptors (Lipinski definition) is 2. The fourth-order valence-corrected chi connectivity index (χ4v) is 2.22. The van der Waals surface area contributed by atoms with Gasteiger partial charge in [-0.1, -0.05) is 58.1 Å². The van der Waals surface area contributed by atoms with Crippen LogP contribution in [0.5, 0.6) is 0 Å². The monoisotopic (exact) mass is 253 g/mol. The summed E-state index contributed by atoms with van der Waals surface area (Å²) in [5.74, 6) is 0. The summed E-state index contributed by atoms with van der Waals surface area (Å²) < 4.78 is 4.98. The number of carbonyl (C=O) groups excluding carboxylic acids is 1. The van der Waals surface area contributed by atoms with Crippen LogP contribution in [0, 0.1) is 0 Å². The van der Waals surface area contributed by atoms with Crippen molar-refractivity contribution >= 4 is 6.09 Å². The summed E-state index contributed by atoms with van der Waals surface area (Å²) in [5.41, 5.74) is -0.251. The molecular weight excluding hydrogens is 226 g/mol. The first-order chi connectivity index (χ1) is 8.72. The fourth-order valence-electron chi connectivity index (χ4n) is 2.22. The van der Waals surface area contributed by atoms with Crippen molar-refractivity contribution in [2.45, 2.75) is 70.8 Å². The van der Waals surface area contributed by atoms with Crippen LogP contribution in [0.15, 0.2) is 12.2 Å². The van der Waals surface area contributed by atoms with Crippen LogP contribution in [0.2, 0.25) is 0 Å². The number of carbonyl (C=O) groups is 1. The van der Waals surface area contributed by atoms with E-state index < -0.39 is 0 Å². The van der Waals surface area contributed by atoms with Gasteiger partial charge in [0.1, 0.15) is 6.61 Å². The molecule has 0 unspecified atom stereocenters. The van der Waals surface area contributed by atoms with Gasteiger partial charge in [0.15, 0.2) is 0 Å². The number of alkyl carbamates (subject to hydrolysis) is 1. The van der Waals surface area contributed by atoms with Gasteiger partial charge in [0, 0.05) is 0 Å². The predicted molar refractivity (Wildman–Crippen MR) is 74.6 cm³/mol. The molecule has 0 radical (unpaired) electrons.